The van der Waals surface area contributed by atoms with Crippen molar-refractivity contribution in [3.05, 3.63) is 113 Å². The van der Waals surface area contributed by atoms with E-state index >= 15 is 0 Å². The van der Waals surface area contributed by atoms with Gasteiger partial charge in [-0.15, -0.1) is 0 Å². The van der Waals surface area contributed by atoms with Gasteiger partial charge >= 0.3 is 5.97 Å². The molecule has 1 heterocycles. The maximum absolute atomic E-state index is 14.1. The summed E-state index contributed by atoms with van der Waals surface area (Å²) in [6, 6.07) is 29.2. The van der Waals surface area contributed by atoms with Crippen LogP contribution in [0.1, 0.15) is 71.9 Å². The van der Waals surface area contributed by atoms with E-state index in [0.29, 0.717) is 29.2 Å². The Hall–Kier alpha value is -4.58. The Morgan fingerprint density at radius 1 is 0.814 bits per heavy atom. The van der Waals surface area contributed by atoms with Crippen molar-refractivity contribution in [1.82, 2.24) is 0 Å². The number of nitrogens with zero attached hydrogens (tertiary/aromatic N) is 1. The molecule has 0 unspecified atom stereocenters. The lowest BCUT2D eigenvalue weighted by atomic mass is 9.98. The van der Waals surface area contributed by atoms with Crippen LogP contribution in [0.15, 0.2) is 91.0 Å². The average Bonchev–Trinajstić information content (AvgIpc) is 3.00. The smallest absolute Gasteiger partial charge is 0.340 e. The Bertz CT molecular complexity index is 1580. The number of benzene rings is 4. The third-order valence-corrected chi connectivity index (χ3v) is 7.51. The minimum Gasteiger partial charge on any atom is -0.488 e. The van der Waals surface area contributed by atoms with Crippen molar-refractivity contribution < 1.29 is 19.1 Å². The van der Waals surface area contributed by atoms with E-state index in [-0.39, 0.29) is 5.91 Å². The molecule has 4 aromatic carbocycles. The van der Waals surface area contributed by atoms with Crippen molar-refractivity contribution in [2.75, 3.05) is 23.3 Å². The molecule has 5 rings (SSSR count). The monoisotopic (exact) mass is 576 g/mol. The Kier molecular flexibility index (Phi) is 9.15. The molecule has 4 aromatic rings. The number of hydrogen-bond donors (Lipinski definition) is 1. The Balaban J connectivity index is 1.52. The largest absolute Gasteiger partial charge is 0.488 e. The minimum atomic E-state index is -0.686. The molecule has 0 atom stereocenters. The summed E-state index contributed by atoms with van der Waals surface area (Å²) in [5.74, 6) is -0.369. The van der Waals surface area contributed by atoms with E-state index in [1.165, 1.54) is 6.42 Å². The van der Waals surface area contributed by atoms with Crippen LogP contribution in [0, 0.1) is 6.92 Å². The molecule has 0 spiro atoms. The zero-order chi connectivity index (χ0) is 30.4. The van der Waals surface area contributed by atoms with Gasteiger partial charge in [-0.1, -0.05) is 60.7 Å². The fourth-order valence-electron chi connectivity index (χ4n) is 5.32. The van der Waals surface area contributed by atoms with Crippen molar-refractivity contribution in [1.29, 1.82) is 0 Å². The summed E-state index contributed by atoms with van der Waals surface area (Å²) in [7, 11) is 0. The second-order valence-corrected chi connectivity index (χ2v) is 12.0. The molecule has 1 aliphatic rings. The van der Waals surface area contributed by atoms with E-state index < -0.39 is 11.6 Å². The molecule has 222 valence electrons. The van der Waals surface area contributed by atoms with Gasteiger partial charge in [-0.2, -0.15) is 0 Å². The number of carbonyl (C=O) groups excluding carboxylic acids is 2. The van der Waals surface area contributed by atoms with Crippen LogP contribution >= 0.6 is 0 Å². The summed E-state index contributed by atoms with van der Waals surface area (Å²) in [5.41, 5.74) is 5.40. The van der Waals surface area contributed by atoms with Crippen LogP contribution in [0.3, 0.4) is 0 Å². The molecule has 1 fully saturated rings. The maximum Gasteiger partial charge on any atom is 0.340 e. The number of hydrogen-bond acceptors (Lipinski definition) is 5. The average molecular weight is 577 g/mol. The highest BCUT2D eigenvalue weighted by Crippen LogP contribution is 2.32. The highest BCUT2D eigenvalue weighted by molar-refractivity contribution is 6.10. The highest BCUT2D eigenvalue weighted by atomic mass is 16.6. The van der Waals surface area contributed by atoms with Gasteiger partial charge in [0.05, 0.1) is 16.8 Å². The number of carbonyl (C=O) groups is 2. The van der Waals surface area contributed by atoms with Crippen LogP contribution in [0.4, 0.5) is 11.4 Å². The fraction of sp³-hybridized carbons (Fsp3) is 0.297. The minimum absolute atomic E-state index is 0.291. The summed E-state index contributed by atoms with van der Waals surface area (Å²) in [6.45, 7) is 9.75. The molecule has 1 amide bonds. The number of piperidine rings is 1. The second-order valence-electron chi connectivity index (χ2n) is 12.0. The number of anilines is 2. The van der Waals surface area contributed by atoms with E-state index in [9.17, 15) is 9.59 Å². The molecule has 1 aliphatic heterocycles. The van der Waals surface area contributed by atoms with E-state index in [4.69, 9.17) is 9.47 Å². The zero-order valence-corrected chi connectivity index (χ0v) is 25.5. The van der Waals surface area contributed by atoms with Gasteiger partial charge in [-0.3, -0.25) is 4.79 Å². The van der Waals surface area contributed by atoms with E-state index in [1.807, 2.05) is 113 Å². The molecule has 1 N–H and O–H groups in total. The summed E-state index contributed by atoms with van der Waals surface area (Å²) >= 11 is 0. The topological polar surface area (TPSA) is 67.9 Å². The van der Waals surface area contributed by atoms with Crippen molar-refractivity contribution in [2.24, 2.45) is 0 Å². The molecule has 0 aromatic heterocycles. The predicted octanol–water partition coefficient (Wildman–Crippen LogP) is 8.44. The van der Waals surface area contributed by atoms with Crippen molar-refractivity contribution >= 4 is 23.3 Å². The molecule has 6 heteroatoms. The van der Waals surface area contributed by atoms with Crippen LogP contribution < -0.4 is 15.0 Å². The number of amides is 1. The van der Waals surface area contributed by atoms with Crippen molar-refractivity contribution in [3.8, 4) is 16.9 Å². The van der Waals surface area contributed by atoms with Gasteiger partial charge in [0.2, 0.25) is 0 Å². The summed E-state index contributed by atoms with van der Waals surface area (Å²) in [5, 5.41) is 3.05. The first kappa shape index (κ1) is 29.9. The number of ether oxygens (including phenoxy) is 2. The number of rotatable bonds is 8. The van der Waals surface area contributed by atoms with E-state index in [2.05, 4.69) is 10.2 Å². The molecular formula is C37H40N2O4. The van der Waals surface area contributed by atoms with Crippen molar-refractivity contribution in [3.63, 3.8) is 0 Å². The lowest BCUT2D eigenvalue weighted by molar-refractivity contribution is 0.00707. The third-order valence-electron chi connectivity index (χ3n) is 7.51. The van der Waals surface area contributed by atoms with Crippen LogP contribution in [0.25, 0.3) is 11.1 Å². The van der Waals surface area contributed by atoms with E-state index in [1.54, 1.807) is 6.07 Å². The first-order chi connectivity index (χ1) is 20.7. The van der Waals surface area contributed by atoms with Crippen LogP contribution in [-0.4, -0.2) is 30.6 Å². The second kappa shape index (κ2) is 13.2. The summed E-state index contributed by atoms with van der Waals surface area (Å²) < 4.78 is 11.9. The molecule has 1 saturated heterocycles. The fourth-order valence-corrected chi connectivity index (χ4v) is 5.32. The van der Waals surface area contributed by atoms with Gasteiger partial charge < -0.3 is 19.7 Å². The molecule has 0 saturated carbocycles. The quantitative estimate of drug-likeness (QED) is 0.213. The van der Waals surface area contributed by atoms with Gasteiger partial charge in [0.1, 0.15) is 18.0 Å². The van der Waals surface area contributed by atoms with Gasteiger partial charge in [-0.05, 0) is 99.5 Å². The third kappa shape index (κ3) is 7.63. The Morgan fingerprint density at radius 2 is 1.53 bits per heavy atom. The maximum atomic E-state index is 14.1. The van der Waals surface area contributed by atoms with Crippen LogP contribution in [0.2, 0.25) is 0 Å². The van der Waals surface area contributed by atoms with E-state index in [0.717, 1.165) is 53.9 Å². The number of nitrogens with one attached hydrogen (secondary N) is 1. The lowest BCUT2D eigenvalue weighted by Gasteiger charge is -2.29. The standard InChI is InChI=1S/C37H40N2O4/c1-26-13-9-10-16-30(26)28-17-19-31(36(41)43-37(2,3)4)33(23-28)38-35(40)32-24-29(39-21-11-6-12-22-39)18-20-34(32)42-25-27-14-7-5-8-15-27/h5,7-10,13-20,23-24H,6,11-12,21-22,25H2,1-4H3,(H,38,40). The number of esters is 1. The first-order valence-electron chi connectivity index (χ1n) is 15.0. The zero-order valence-electron chi connectivity index (χ0n) is 25.5. The van der Waals surface area contributed by atoms with Crippen LogP contribution in [0.5, 0.6) is 5.75 Å². The van der Waals surface area contributed by atoms with Gasteiger partial charge in [0, 0.05) is 18.8 Å². The normalized spacial score (nSPS) is 13.3. The lowest BCUT2D eigenvalue weighted by Crippen LogP contribution is -2.29. The van der Waals surface area contributed by atoms with Crippen LogP contribution in [-0.2, 0) is 11.3 Å². The molecular weight excluding hydrogens is 536 g/mol. The summed E-state index contributed by atoms with van der Waals surface area (Å²) in [4.78, 5) is 29.7. The SMILES string of the molecule is Cc1ccccc1-c1ccc(C(=O)OC(C)(C)C)c(NC(=O)c2cc(N3CCCCC3)ccc2OCc2ccccc2)c1. The Morgan fingerprint density at radius 3 is 2.26 bits per heavy atom. The molecule has 6 nitrogen and oxygen atoms in total. The summed E-state index contributed by atoms with van der Waals surface area (Å²) in [6.07, 6.45) is 3.46. The van der Waals surface area contributed by atoms with Gasteiger partial charge in [0.25, 0.3) is 5.91 Å². The van der Waals surface area contributed by atoms with Crippen molar-refractivity contribution in [2.45, 2.75) is 59.2 Å². The Labute approximate surface area is 254 Å². The molecule has 0 aliphatic carbocycles. The van der Waals surface area contributed by atoms with Gasteiger partial charge in [0.15, 0.2) is 0 Å². The molecule has 43 heavy (non-hydrogen) atoms. The highest BCUT2D eigenvalue weighted by Gasteiger charge is 2.24. The first-order valence-corrected chi connectivity index (χ1v) is 15.0. The van der Waals surface area contributed by atoms with Gasteiger partial charge in [-0.25, -0.2) is 4.79 Å². The molecule has 0 radical (unpaired) electrons. The predicted molar refractivity (Wildman–Crippen MR) is 173 cm³/mol. The number of aryl methyl sites for hydroxylation is 1. The molecule has 0 bridgehead atoms.